The molecule has 2 aromatic rings. The van der Waals surface area contributed by atoms with Gasteiger partial charge in [0.15, 0.2) is 23.1 Å². The number of ether oxygens (including phenoxy) is 2. The van der Waals surface area contributed by atoms with Crippen molar-refractivity contribution >= 4 is 11.8 Å². The lowest BCUT2D eigenvalue weighted by molar-refractivity contribution is -0.134. The maximum atomic E-state index is 14.1. The summed E-state index contributed by atoms with van der Waals surface area (Å²) in [6, 6.07) is 8.45. The Bertz CT molecular complexity index is 954. The smallest absolute Gasteiger partial charge is 0.237 e. The molecule has 2 amide bonds. The van der Waals surface area contributed by atoms with Crippen LogP contribution >= 0.6 is 0 Å². The van der Waals surface area contributed by atoms with Gasteiger partial charge in [0, 0.05) is 31.7 Å². The first-order valence-corrected chi connectivity index (χ1v) is 9.85. The predicted octanol–water partition coefficient (Wildman–Crippen LogP) is 1.99. The van der Waals surface area contributed by atoms with Crippen molar-refractivity contribution in [2.45, 2.75) is 25.6 Å². The van der Waals surface area contributed by atoms with Gasteiger partial charge in [-0.05, 0) is 23.8 Å². The van der Waals surface area contributed by atoms with Crippen LogP contribution in [0.25, 0.3) is 0 Å². The molecule has 2 aromatic carbocycles. The Hall–Kier alpha value is -3.20. The Labute approximate surface area is 179 Å². The number of carbonyl (C=O) groups is 2. The Morgan fingerprint density at radius 1 is 1.19 bits per heavy atom. The molecule has 0 saturated carbocycles. The maximum Gasteiger partial charge on any atom is 0.237 e. The third-order valence-electron chi connectivity index (χ3n) is 5.16. The van der Waals surface area contributed by atoms with Crippen LogP contribution < -0.4 is 20.1 Å². The van der Waals surface area contributed by atoms with E-state index in [1.807, 2.05) is 0 Å². The second-order valence-electron chi connectivity index (χ2n) is 7.16. The van der Waals surface area contributed by atoms with E-state index < -0.39 is 17.7 Å². The zero-order valence-corrected chi connectivity index (χ0v) is 17.4. The van der Waals surface area contributed by atoms with Gasteiger partial charge in [-0.2, -0.15) is 0 Å². The number of hydrogen-bond donors (Lipinski definition) is 2. The van der Waals surface area contributed by atoms with Gasteiger partial charge in [-0.15, -0.1) is 0 Å². The summed E-state index contributed by atoms with van der Waals surface area (Å²) in [7, 11) is 3.06. The number of hydrogen-bond acceptors (Lipinski definition) is 5. The first-order valence-electron chi connectivity index (χ1n) is 9.85. The molecule has 1 atom stereocenters. The highest BCUT2D eigenvalue weighted by molar-refractivity contribution is 5.88. The average Bonchev–Trinajstić information content (AvgIpc) is 2.77. The third-order valence-corrected chi connectivity index (χ3v) is 5.16. The number of amides is 2. The predicted molar refractivity (Wildman–Crippen MR) is 110 cm³/mol. The number of rotatable bonds is 8. The van der Waals surface area contributed by atoms with Gasteiger partial charge in [0.2, 0.25) is 11.8 Å². The minimum Gasteiger partial charge on any atom is -0.493 e. The summed E-state index contributed by atoms with van der Waals surface area (Å²) in [6.45, 7) is 1.07. The molecule has 1 saturated heterocycles. The second-order valence-corrected chi connectivity index (χ2v) is 7.16. The first kappa shape index (κ1) is 22.5. The molecule has 0 aliphatic carbocycles. The molecule has 31 heavy (non-hydrogen) atoms. The van der Waals surface area contributed by atoms with E-state index in [9.17, 15) is 18.4 Å². The Morgan fingerprint density at radius 3 is 2.71 bits per heavy atom. The molecule has 9 heteroatoms. The van der Waals surface area contributed by atoms with E-state index in [0.717, 1.165) is 11.6 Å². The summed E-state index contributed by atoms with van der Waals surface area (Å²) in [5.41, 5.74) is 0.947. The van der Waals surface area contributed by atoms with Crippen LogP contribution in [0.5, 0.6) is 11.5 Å². The summed E-state index contributed by atoms with van der Waals surface area (Å²) in [6.07, 6.45) is -0.101. The van der Waals surface area contributed by atoms with Crippen LogP contribution in [0.2, 0.25) is 0 Å². The lowest BCUT2D eigenvalue weighted by Gasteiger charge is -2.34. The molecule has 3 rings (SSSR count). The normalized spacial score (nSPS) is 16.5. The monoisotopic (exact) mass is 433 g/mol. The van der Waals surface area contributed by atoms with Gasteiger partial charge in [-0.25, -0.2) is 8.78 Å². The number of carbonyl (C=O) groups excluding carboxylic acids is 2. The van der Waals surface area contributed by atoms with E-state index in [2.05, 4.69) is 10.6 Å². The van der Waals surface area contributed by atoms with Gasteiger partial charge < -0.3 is 20.1 Å². The number of methoxy groups -OCH3 is 2. The Morgan fingerprint density at radius 2 is 1.97 bits per heavy atom. The summed E-state index contributed by atoms with van der Waals surface area (Å²) < 4.78 is 38.0. The highest BCUT2D eigenvalue weighted by Gasteiger charge is 2.32. The zero-order valence-electron chi connectivity index (χ0n) is 17.4. The molecule has 0 spiro atoms. The van der Waals surface area contributed by atoms with Crippen molar-refractivity contribution in [2.75, 3.05) is 27.3 Å². The lowest BCUT2D eigenvalue weighted by Crippen LogP contribution is -2.56. The van der Waals surface area contributed by atoms with Gasteiger partial charge in [0.1, 0.15) is 0 Å². The Balaban J connectivity index is 1.63. The molecule has 7 nitrogen and oxygen atoms in total. The SMILES string of the molecule is COc1ccc(CNC(=O)C[C@H]2C(=O)NCCN2Cc2cccc(F)c2F)cc1OC. The molecule has 1 fully saturated rings. The molecule has 0 aromatic heterocycles. The van der Waals surface area contributed by atoms with E-state index in [1.54, 1.807) is 23.1 Å². The molecule has 166 valence electrons. The van der Waals surface area contributed by atoms with Crippen LogP contribution in [0.4, 0.5) is 8.78 Å². The van der Waals surface area contributed by atoms with Crippen molar-refractivity contribution in [1.29, 1.82) is 0 Å². The van der Waals surface area contributed by atoms with Crippen LogP contribution in [0.3, 0.4) is 0 Å². The van der Waals surface area contributed by atoms with Gasteiger partial charge in [-0.3, -0.25) is 14.5 Å². The van der Waals surface area contributed by atoms with Crippen molar-refractivity contribution < 1.29 is 27.8 Å². The minimum absolute atomic E-state index is 0.0324. The highest BCUT2D eigenvalue weighted by atomic mass is 19.2. The van der Waals surface area contributed by atoms with Crippen LogP contribution in [-0.2, 0) is 22.7 Å². The van der Waals surface area contributed by atoms with Gasteiger partial charge in [-0.1, -0.05) is 18.2 Å². The molecular formula is C22H25F2N3O4. The fourth-order valence-corrected chi connectivity index (χ4v) is 3.50. The zero-order chi connectivity index (χ0) is 22.4. The Kier molecular flexibility index (Phi) is 7.41. The first-order chi connectivity index (χ1) is 14.9. The lowest BCUT2D eigenvalue weighted by atomic mass is 10.1. The van der Waals surface area contributed by atoms with Crippen LogP contribution in [0.15, 0.2) is 36.4 Å². The summed E-state index contributed by atoms with van der Waals surface area (Å²) >= 11 is 0. The van der Waals surface area contributed by atoms with Crippen LogP contribution in [-0.4, -0.2) is 50.1 Å². The third kappa shape index (κ3) is 5.49. The number of halogens is 2. The number of nitrogens with one attached hydrogen (secondary N) is 2. The van der Waals surface area contributed by atoms with Crippen molar-refractivity contribution in [3.05, 3.63) is 59.2 Å². The van der Waals surface area contributed by atoms with E-state index in [1.165, 1.54) is 26.4 Å². The van der Waals surface area contributed by atoms with Gasteiger partial charge in [0.25, 0.3) is 0 Å². The molecule has 0 unspecified atom stereocenters. The van der Waals surface area contributed by atoms with E-state index in [-0.39, 0.29) is 36.9 Å². The van der Waals surface area contributed by atoms with Crippen molar-refractivity contribution in [2.24, 2.45) is 0 Å². The minimum atomic E-state index is -0.942. The maximum absolute atomic E-state index is 14.1. The fourth-order valence-electron chi connectivity index (χ4n) is 3.50. The summed E-state index contributed by atoms with van der Waals surface area (Å²) in [5.74, 6) is -1.40. The van der Waals surface area contributed by atoms with Gasteiger partial charge in [0.05, 0.1) is 26.7 Å². The van der Waals surface area contributed by atoms with E-state index in [4.69, 9.17) is 9.47 Å². The van der Waals surface area contributed by atoms with E-state index >= 15 is 0 Å². The molecule has 2 N–H and O–H groups in total. The molecule has 1 aliphatic heterocycles. The average molecular weight is 433 g/mol. The highest BCUT2D eigenvalue weighted by Crippen LogP contribution is 2.27. The molecular weight excluding hydrogens is 408 g/mol. The molecule has 1 aliphatic rings. The number of piperazine rings is 1. The quantitative estimate of drug-likeness (QED) is 0.666. The van der Waals surface area contributed by atoms with Gasteiger partial charge >= 0.3 is 0 Å². The fraction of sp³-hybridized carbons (Fsp3) is 0.364. The topological polar surface area (TPSA) is 79.9 Å². The summed E-state index contributed by atoms with van der Waals surface area (Å²) in [5, 5.41) is 5.51. The van der Waals surface area contributed by atoms with E-state index in [0.29, 0.717) is 24.6 Å². The largest absolute Gasteiger partial charge is 0.493 e. The van der Waals surface area contributed by atoms with Crippen LogP contribution in [0, 0.1) is 11.6 Å². The second kappa shape index (κ2) is 10.2. The van der Waals surface area contributed by atoms with Crippen LogP contribution in [0.1, 0.15) is 17.5 Å². The number of benzene rings is 2. The van der Waals surface area contributed by atoms with Crippen molar-refractivity contribution in [3.8, 4) is 11.5 Å². The molecule has 0 bridgehead atoms. The van der Waals surface area contributed by atoms with Crippen molar-refractivity contribution in [3.63, 3.8) is 0 Å². The summed E-state index contributed by atoms with van der Waals surface area (Å²) in [4.78, 5) is 26.6. The molecule has 1 heterocycles. The molecule has 0 radical (unpaired) electrons. The standard InChI is InChI=1S/C22H25F2N3O4/c1-30-18-7-6-14(10-19(18)31-2)12-26-20(28)11-17-22(29)25-8-9-27(17)13-15-4-3-5-16(23)21(15)24/h3-7,10,17H,8-9,11-13H2,1-2H3,(H,25,29)(H,26,28)/t17-/m0/s1. The van der Waals surface area contributed by atoms with Crippen molar-refractivity contribution in [1.82, 2.24) is 15.5 Å². The number of nitrogens with zero attached hydrogens (tertiary/aromatic N) is 1.